The molecule has 0 N–H and O–H groups in total. The highest BCUT2D eigenvalue weighted by Crippen LogP contribution is 2.28. The summed E-state index contributed by atoms with van der Waals surface area (Å²) in [6, 6.07) is 0. The first kappa shape index (κ1) is 46.5. The fourth-order valence-electron chi connectivity index (χ4n) is 6.18. The van der Waals surface area contributed by atoms with Crippen LogP contribution in [0, 0.1) is 0 Å². The van der Waals surface area contributed by atoms with E-state index in [-0.39, 0.29) is 0 Å². The SMILES string of the molecule is CCCCCCCCCCCCCCCCCCN(C)C(=S)SSC(=S)N(C)CCCCCCCCCCCCCCCCCC. The second-order valence-corrected chi connectivity index (χ2v) is 17.5. The monoisotopic (exact) mass is 717 g/mol. The van der Waals surface area contributed by atoms with Crippen molar-refractivity contribution in [3.8, 4) is 0 Å². The molecule has 0 aliphatic rings. The lowest BCUT2D eigenvalue weighted by molar-refractivity contribution is 0.474. The van der Waals surface area contributed by atoms with Gasteiger partial charge in [0.1, 0.15) is 8.64 Å². The lowest BCUT2D eigenvalue weighted by atomic mass is 10.0. The molecule has 0 unspecified atom stereocenters. The van der Waals surface area contributed by atoms with Crippen LogP contribution >= 0.6 is 46.0 Å². The topological polar surface area (TPSA) is 6.48 Å². The summed E-state index contributed by atoms with van der Waals surface area (Å²) in [5.41, 5.74) is 0. The second-order valence-electron chi connectivity index (χ2n) is 14.1. The molecule has 6 heteroatoms. The fourth-order valence-corrected chi connectivity index (χ4v) is 8.74. The molecule has 0 spiro atoms. The third-order valence-electron chi connectivity index (χ3n) is 9.50. The van der Waals surface area contributed by atoms with Crippen molar-refractivity contribution in [2.24, 2.45) is 0 Å². The molecule has 0 aliphatic carbocycles. The van der Waals surface area contributed by atoms with Crippen molar-refractivity contribution in [3.05, 3.63) is 0 Å². The van der Waals surface area contributed by atoms with Gasteiger partial charge in [-0.25, -0.2) is 0 Å². The Kier molecular flexibility index (Phi) is 38.7. The molecule has 0 aromatic heterocycles. The number of thiocarbonyl (C=S) groups is 2. The molecule has 0 fully saturated rings. The average Bonchev–Trinajstić information content (AvgIpc) is 3.06. The molecule has 0 atom stereocenters. The number of hydrogen-bond acceptors (Lipinski definition) is 4. The van der Waals surface area contributed by atoms with Crippen molar-refractivity contribution in [1.82, 2.24) is 9.80 Å². The van der Waals surface area contributed by atoms with Gasteiger partial charge in [-0.15, -0.1) is 0 Å². The third kappa shape index (κ3) is 34.3. The van der Waals surface area contributed by atoms with E-state index >= 15 is 0 Å². The van der Waals surface area contributed by atoms with Crippen molar-refractivity contribution in [3.63, 3.8) is 0 Å². The molecule has 0 radical (unpaired) electrons. The Hall–Kier alpha value is 0.480. The summed E-state index contributed by atoms with van der Waals surface area (Å²) in [6.45, 7) is 6.72. The quantitative estimate of drug-likeness (QED) is 0.0369. The molecule has 2 nitrogen and oxygen atoms in total. The summed E-state index contributed by atoms with van der Waals surface area (Å²) >= 11 is 11.4. The van der Waals surface area contributed by atoms with Crippen molar-refractivity contribution < 1.29 is 0 Å². The Balaban J connectivity index is 3.49. The van der Waals surface area contributed by atoms with E-state index in [1.165, 1.54) is 205 Å². The largest absolute Gasteiger partial charge is 0.360 e. The Bertz CT molecular complexity index is 591. The van der Waals surface area contributed by atoms with Crippen molar-refractivity contribution in [2.75, 3.05) is 27.2 Å². The standard InChI is InChI=1S/C40H80N2S4/c1-5-7-9-11-13-15-17-19-21-23-25-27-29-31-33-35-37-41(3)39(43)45-46-40(44)42(4)38-36-34-32-30-28-26-24-22-20-18-16-14-12-10-8-6-2/h5-38H2,1-4H3. The minimum atomic E-state index is 0.962. The highest BCUT2D eigenvalue weighted by Gasteiger charge is 2.10. The Morgan fingerprint density at radius 3 is 0.696 bits per heavy atom. The minimum Gasteiger partial charge on any atom is -0.360 e. The van der Waals surface area contributed by atoms with Crippen LogP contribution in [0.2, 0.25) is 0 Å². The van der Waals surface area contributed by atoms with Gasteiger partial charge in [0.2, 0.25) is 0 Å². The Morgan fingerprint density at radius 2 is 0.500 bits per heavy atom. The minimum absolute atomic E-state index is 0.962. The molecule has 0 aromatic carbocycles. The van der Waals surface area contributed by atoms with Gasteiger partial charge in [-0.3, -0.25) is 0 Å². The molecule has 0 saturated heterocycles. The predicted octanol–water partition coefficient (Wildman–Crippen LogP) is 15.3. The summed E-state index contributed by atoms with van der Waals surface area (Å²) in [4.78, 5) is 4.49. The van der Waals surface area contributed by atoms with Gasteiger partial charge in [-0.05, 0) is 34.4 Å². The molecule has 0 rings (SSSR count). The van der Waals surface area contributed by atoms with E-state index in [9.17, 15) is 0 Å². The van der Waals surface area contributed by atoms with Crippen LogP contribution in [-0.4, -0.2) is 45.6 Å². The first-order valence-electron chi connectivity index (χ1n) is 20.4. The second kappa shape index (κ2) is 38.3. The van der Waals surface area contributed by atoms with Crippen molar-refractivity contribution in [2.45, 2.75) is 219 Å². The zero-order valence-electron chi connectivity index (χ0n) is 31.6. The number of nitrogens with zero attached hydrogens (tertiary/aromatic N) is 2. The van der Waals surface area contributed by atoms with Crippen LogP contribution in [0.15, 0.2) is 0 Å². The maximum atomic E-state index is 5.69. The first-order valence-corrected chi connectivity index (χ1v) is 23.3. The number of unbranched alkanes of at least 4 members (excludes halogenated alkanes) is 30. The molecule has 0 aromatic rings. The fraction of sp³-hybridized carbons (Fsp3) is 0.950. The molecular formula is C40H80N2S4. The Labute approximate surface area is 309 Å². The van der Waals surface area contributed by atoms with Gasteiger partial charge in [0.25, 0.3) is 0 Å². The zero-order chi connectivity index (χ0) is 33.8. The van der Waals surface area contributed by atoms with Gasteiger partial charge in [-0.1, -0.05) is 231 Å². The maximum Gasteiger partial charge on any atom is 0.147 e. The van der Waals surface area contributed by atoms with E-state index in [0.29, 0.717) is 0 Å². The molecule has 274 valence electrons. The molecule has 0 heterocycles. The number of hydrogen-bond donors (Lipinski definition) is 0. The van der Waals surface area contributed by atoms with Gasteiger partial charge in [0, 0.05) is 27.2 Å². The summed E-state index contributed by atoms with van der Waals surface area (Å²) in [6.07, 6.45) is 45.2. The van der Waals surface area contributed by atoms with Gasteiger partial charge in [0.05, 0.1) is 0 Å². The van der Waals surface area contributed by atoms with Crippen LogP contribution in [0.25, 0.3) is 0 Å². The van der Waals surface area contributed by atoms with Crippen LogP contribution in [0.4, 0.5) is 0 Å². The van der Waals surface area contributed by atoms with E-state index in [1.807, 2.05) is 0 Å². The average molecular weight is 717 g/mol. The summed E-state index contributed by atoms with van der Waals surface area (Å²) in [5.74, 6) is 0. The first-order chi connectivity index (χ1) is 22.5. The van der Waals surface area contributed by atoms with E-state index in [1.54, 1.807) is 21.6 Å². The lowest BCUT2D eigenvalue weighted by Gasteiger charge is -2.22. The van der Waals surface area contributed by atoms with Crippen molar-refractivity contribution >= 4 is 54.7 Å². The van der Waals surface area contributed by atoms with Crippen LogP contribution in [0.1, 0.15) is 219 Å². The molecule has 0 aliphatic heterocycles. The number of rotatable bonds is 34. The molecule has 0 saturated carbocycles. The maximum absolute atomic E-state index is 5.69. The zero-order valence-corrected chi connectivity index (χ0v) is 34.8. The highest BCUT2D eigenvalue weighted by molar-refractivity contribution is 8.89. The molecule has 0 bridgehead atoms. The van der Waals surface area contributed by atoms with Crippen LogP contribution in [0.5, 0.6) is 0 Å². The van der Waals surface area contributed by atoms with E-state index in [2.05, 4.69) is 37.7 Å². The van der Waals surface area contributed by atoms with Gasteiger partial charge in [0.15, 0.2) is 0 Å². The molecular weight excluding hydrogens is 637 g/mol. The van der Waals surface area contributed by atoms with Crippen LogP contribution in [-0.2, 0) is 0 Å². The van der Waals surface area contributed by atoms with E-state index in [0.717, 1.165) is 21.7 Å². The molecule has 46 heavy (non-hydrogen) atoms. The van der Waals surface area contributed by atoms with Crippen LogP contribution in [0.3, 0.4) is 0 Å². The highest BCUT2D eigenvalue weighted by atomic mass is 33.1. The summed E-state index contributed by atoms with van der Waals surface area (Å²) in [5, 5.41) is 0. The van der Waals surface area contributed by atoms with E-state index < -0.39 is 0 Å². The predicted molar refractivity (Wildman–Crippen MR) is 225 cm³/mol. The third-order valence-corrected chi connectivity index (χ3v) is 13.4. The molecule has 0 amide bonds. The Morgan fingerprint density at radius 1 is 0.326 bits per heavy atom. The van der Waals surface area contributed by atoms with Crippen molar-refractivity contribution in [1.29, 1.82) is 0 Å². The van der Waals surface area contributed by atoms with Gasteiger partial charge >= 0.3 is 0 Å². The normalized spacial score (nSPS) is 11.3. The van der Waals surface area contributed by atoms with Gasteiger partial charge < -0.3 is 9.80 Å². The summed E-state index contributed by atoms with van der Waals surface area (Å²) in [7, 11) is 7.62. The van der Waals surface area contributed by atoms with E-state index in [4.69, 9.17) is 24.4 Å². The lowest BCUT2D eigenvalue weighted by Crippen LogP contribution is -2.25. The summed E-state index contributed by atoms with van der Waals surface area (Å²) < 4.78 is 1.92. The smallest absolute Gasteiger partial charge is 0.147 e. The van der Waals surface area contributed by atoms with Crippen LogP contribution < -0.4 is 0 Å². The van der Waals surface area contributed by atoms with Gasteiger partial charge in [-0.2, -0.15) is 0 Å².